The summed E-state index contributed by atoms with van der Waals surface area (Å²) >= 11 is 6.11. The molecule has 1 aliphatic carbocycles. The van der Waals surface area contributed by atoms with E-state index in [0.29, 0.717) is 27.3 Å². The van der Waals surface area contributed by atoms with E-state index in [4.69, 9.17) is 11.6 Å². The van der Waals surface area contributed by atoms with Crippen LogP contribution in [0.25, 0.3) is 10.9 Å². The number of aromatic nitrogens is 1. The summed E-state index contributed by atoms with van der Waals surface area (Å²) in [5.74, 6) is 0. The zero-order valence-corrected chi connectivity index (χ0v) is 16.3. The lowest BCUT2D eigenvalue weighted by atomic mass is 9.65. The molecule has 4 rings (SSSR count). The minimum Gasteiger partial charge on any atom is -0.358 e. The molecule has 1 N–H and O–H groups in total. The van der Waals surface area contributed by atoms with E-state index < -0.39 is 0 Å². The maximum Gasteiger partial charge on any atom is 0.194 e. The van der Waals surface area contributed by atoms with Crippen LogP contribution in [-0.4, -0.2) is 22.5 Å². The third-order valence-electron chi connectivity index (χ3n) is 6.16. The van der Waals surface area contributed by atoms with Gasteiger partial charge in [-0.1, -0.05) is 32.4 Å². The van der Waals surface area contributed by atoms with Gasteiger partial charge in [0, 0.05) is 46.3 Å². The van der Waals surface area contributed by atoms with Gasteiger partial charge < -0.3 is 4.98 Å². The van der Waals surface area contributed by atoms with Crippen LogP contribution >= 0.6 is 11.6 Å². The number of nitrogens with one attached hydrogen (secondary N) is 1. The first-order valence-corrected chi connectivity index (χ1v) is 9.59. The molecule has 4 heteroatoms. The van der Waals surface area contributed by atoms with Gasteiger partial charge in [-0.15, -0.1) is 0 Å². The van der Waals surface area contributed by atoms with Crippen molar-refractivity contribution in [3.8, 4) is 0 Å². The molecule has 1 aliphatic heterocycles. The number of aromatic amines is 1. The lowest BCUT2D eigenvalue weighted by molar-refractivity contribution is 0.126. The third kappa shape index (κ3) is 3.02. The first-order chi connectivity index (χ1) is 11.7. The summed E-state index contributed by atoms with van der Waals surface area (Å²) in [5.41, 5.74) is 3.64. The predicted octanol–water partition coefficient (Wildman–Crippen LogP) is 4.89. The molecule has 2 atom stereocenters. The average Bonchev–Trinajstić information content (AvgIpc) is 2.73. The smallest absolute Gasteiger partial charge is 0.194 e. The van der Waals surface area contributed by atoms with Gasteiger partial charge in [0.05, 0.1) is 0 Å². The predicted molar refractivity (Wildman–Crippen MR) is 104 cm³/mol. The van der Waals surface area contributed by atoms with Crippen LogP contribution in [0, 0.1) is 17.8 Å². The number of hydrogen-bond donors (Lipinski definition) is 1. The third-order valence-corrected chi connectivity index (χ3v) is 6.39. The zero-order valence-electron chi connectivity index (χ0n) is 15.6. The van der Waals surface area contributed by atoms with Gasteiger partial charge >= 0.3 is 0 Å². The topological polar surface area (TPSA) is 36.1 Å². The molecule has 0 amide bonds. The van der Waals surface area contributed by atoms with Gasteiger partial charge in [-0.2, -0.15) is 0 Å². The van der Waals surface area contributed by atoms with Crippen molar-refractivity contribution in [3.05, 3.63) is 44.7 Å². The number of benzene rings is 1. The molecule has 0 spiro atoms. The largest absolute Gasteiger partial charge is 0.358 e. The Kier molecular flexibility index (Phi) is 3.82. The van der Waals surface area contributed by atoms with E-state index in [1.807, 2.05) is 19.1 Å². The number of likely N-dealkylation sites (tertiary alicyclic amines) is 1. The molecule has 2 aromatic rings. The summed E-state index contributed by atoms with van der Waals surface area (Å²) in [6.45, 7) is 11.0. The van der Waals surface area contributed by atoms with Crippen LogP contribution in [0.3, 0.4) is 0 Å². The monoisotopic (exact) mass is 358 g/mol. The fourth-order valence-corrected chi connectivity index (χ4v) is 5.75. The van der Waals surface area contributed by atoms with Gasteiger partial charge in [-0.05, 0) is 55.2 Å². The number of halogens is 1. The van der Waals surface area contributed by atoms with Gasteiger partial charge in [-0.3, -0.25) is 9.69 Å². The van der Waals surface area contributed by atoms with Crippen LogP contribution < -0.4 is 5.43 Å². The molecule has 0 radical (unpaired) electrons. The summed E-state index contributed by atoms with van der Waals surface area (Å²) in [6.07, 6.45) is 3.75. The molecule has 1 aromatic carbocycles. The Morgan fingerprint density at radius 1 is 1.28 bits per heavy atom. The minimum atomic E-state index is 0.125. The summed E-state index contributed by atoms with van der Waals surface area (Å²) in [6, 6.07) is 6.08. The maximum absolute atomic E-state index is 13.1. The molecule has 134 valence electrons. The SMILES string of the molecule is Cc1[nH]c2ccc(Cl)cc2c(=O)c1CN1C[C@@]2(C)C[C@@H]1CC(C)(C)C2. The Hall–Kier alpha value is -1.32. The van der Waals surface area contributed by atoms with Crippen molar-refractivity contribution in [3.63, 3.8) is 0 Å². The zero-order chi connectivity index (χ0) is 18.0. The molecular weight excluding hydrogens is 332 g/mol. The first-order valence-electron chi connectivity index (χ1n) is 9.21. The van der Waals surface area contributed by atoms with Gasteiger partial charge in [0.25, 0.3) is 0 Å². The standard InChI is InChI=1S/C21H27ClN2O/c1-13-17(19(25)16-7-14(22)5-6-18(16)23-13)10-24-12-21(4)9-15(24)8-20(2,3)11-21/h5-7,15H,8-12H2,1-4H3,(H,23,25)/t15-,21-/m0/s1. The molecular formula is C21H27ClN2O. The second-order valence-corrected chi connectivity index (χ2v) is 9.80. The van der Waals surface area contributed by atoms with Crippen LogP contribution in [-0.2, 0) is 6.54 Å². The fourth-order valence-electron chi connectivity index (χ4n) is 5.58. The Morgan fingerprint density at radius 2 is 2.04 bits per heavy atom. The molecule has 0 unspecified atom stereocenters. The highest BCUT2D eigenvalue weighted by Gasteiger charge is 2.49. The molecule has 2 bridgehead atoms. The van der Waals surface area contributed by atoms with Crippen molar-refractivity contribution in [2.45, 2.75) is 59.5 Å². The summed E-state index contributed by atoms with van der Waals surface area (Å²) in [7, 11) is 0. The van der Waals surface area contributed by atoms with Crippen molar-refractivity contribution < 1.29 is 0 Å². The Morgan fingerprint density at radius 3 is 2.80 bits per heavy atom. The number of nitrogens with zero attached hydrogens (tertiary/aromatic N) is 1. The van der Waals surface area contributed by atoms with Crippen LogP contribution in [0.4, 0.5) is 0 Å². The normalized spacial score (nSPS) is 28.6. The Labute approximate surface area is 154 Å². The van der Waals surface area contributed by atoms with Gasteiger partial charge in [-0.25, -0.2) is 0 Å². The lowest BCUT2D eigenvalue weighted by Gasteiger charge is -2.40. The number of fused-ring (bicyclic) bond motifs is 3. The summed E-state index contributed by atoms with van der Waals surface area (Å²) in [5, 5.41) is 1.31. The molecule has 25 heavy (non-hydrogen) atoms. The highest BCUT2D eigenvalue weighted by Crippen LogP contribution is 2.52. The van der Waals surface area contributed by atoms with Gasteiger partial charge in [0.1, 0.15) is 0 Å². The van der Waals surface area contributed by atoms with Crippen LogP contribution in [0.1, 0.15) is 51.3 Å². The van der Waals surface area contributed by atoms with Crippen molar-refractivity contribution in [2.75, 3.05) is 6.54 Å². The van der Waals surface area contributed by atoms with Crippen molar-refractivity contribution in [1.29, 1.82) is 0 Å². The maximum atomic E-state index is 13.1. The molecule has 1 saturated heterocycles. The minimum absolute atomic E-state index is 0.125. The Balaban J connectivity index is 1.71. The highest BCUT2D eigenvalue weighted by molar-refractivity contribution is 6.31. The fraction of sp³-hybridized carbons (Fsp3) is 0.571. The molecule has 2 heterocycles. The van der Waals surface area contributed by atoms with Gasteiger partial charge in [0.2, 0.25) is 0 Å². The van der Waals surface area contributed by atoms with E-state index in [2.05, 4.69) is 30.7 Å². The first kappa shape index (κ1) is 17.1. The van der Waals surface area contributed by atoms with E-state index in [1.54, 1.807) is 6.07 Å². The van der Waals surface area contributed by atoms with Crippen molar-refractivity contribution >= 4 is 22.5 Å². The van der Waals surface area contributed by atoms with E-state index in [-0.39, 0.29) is 5.43 Å². The highest BCUT2D eigenvalue weighted by atomic mass is 35.5. The Bertz CT molecular complexity index is 901. The van der Waals surface area contributed by atoms with Crippen LogP contribution in [0.2, 0.25) is 5.02 Å². The van der Waals surface area contributed by atoms with Gasteiger partial charge in [0.15, 0.2) is 5.43 Å². The molecule has 2 fully saturated rings. The van der Waals surface area contributed by atoms with Crippen molar-refractivity contribution in [2.24, 2.45) is 10.8 Å². The van der Waals surface area contributed by atoms with E-state index in [0.717, 1.165) is 29.9 Å². The van der Waals surface area contributed by atoms with Crippen LogP contribution in [0.15, 0.2) is 23.0 Å². The number of H-pyrrole nitrogens is 1. The number of aryl methyl sites for hydroxylation is 1. The number of hydrogen-bond acceptors (Lipinski definition) is 2. The quantitative estimate of drug-likeness (QED) is 0.829. The van der Waals surface area contributed by atoms with E-state index >= 15 is 0 Å². The molecule has 1 saturated carbocycles. The lowest BCUT2D eigenvalue weighted by Crippen LogP contribution is -2.35. The van der Waals surface area contributed by atoms with Crippen molar-refractivity contribution in [1.82, 2.24) is 9.88 Å². The summed E-state index contributed by atoms with van der Waals surface area (Å²) < 4.78 is 0. The van der Waals surface area contributed by atoms with E-state index in [1.165, 1.54) is 19.3 Å². The summed E-state index contributed by atoms with van der Waals surface area (Å²) in [4.78, 5) is 19.0. The molecule has 2 aliphatic rings. The molecule has 1 aromatic heterocycles. The second-order valence-electron chi connectivity index (χ2n) is 9.37. The number of rotatable bonds is 2. The van der Waals surface area contributed by atoms with Crippen LogP contribution in [0.5, 0.6) is 0 Å². The second kappa shape index (κ2) is 5.59. The van der Waals surface area contributed by atoms with E-state index in [9.17, 15) is 4.79 Å². The molecule has 3 nitrogen and oxygen atoms in total. The number of pyridine rings is 1. The average molecular weight is 359 g/mol.